The van der Waals surface area contributed by atoms with Crippen molar-refractivity contribution in [3.63, 3.8) is 0 Å². The minimum atomic E-state index is -1.11. The van der Waals surface area contributed by atoms with Crippen molar-refractivity contribution in [2.45, 2.75) is 0 Å². The molecule has 1 N–H and O–H groups in total. The topological polar surface area (TPSA) is 63.6 Å². The molecule has 0 aliphatic rings. The number of halogens is 2. The summed E-state index contributed by atoms with van der Waals surface area (Å²) in [5.41, 5.74) is 1.56. The van der Waals surface area contributed by atoms with Crippen LogP contribution in [0.25, 0.3) is 11.1 Å². The second kappa shape index (κ2) is 6.16. The Bertz CT molecular complexity index is 726. The Hall–Kier alpha value is -2.04. The fourth-order valence-corrected chi connectivity index (χ4v) is 2.29. The first-order valence-electron chi connectivity index (χ1n) is 5.85. The van der Waals surface area contributed by atoms with Crippen molar-refractivity contribution >= 4 is 35.1 Å². The molecule has 0 bridgehead atoms. The van der Waals surface area contributed by atoms with Gasteiger partial charge in [0, 0.05) is 0 Å². The van der Waals surface area contributed by atoms with Gasteiger partial charge >= 0.3 is 11.9 Å². The normalized spacial score (nSPS) is 10.2. The third kappa shape index (κ3) is 3.17. The van der Waals surface area contributed by atoms with Gasteiger partial charge in [-0.05, 0) is 35.4 Å². The zero-order chi connectivity index (χ0) is 15.6. The average Bonchev–Trinajstić information content (AvgIpc) is 2.46. The SMILES string of the molecule is COC(=O)c1ccc(-c2ccc(Cl)c(C(=O)O)c2)cc1Cl. The van der Waals surface area contributed by atoms with Crippen LogP contribution in [0, 0.1) is 0 Å². The van der Waals surface area contributed by atoms with Crippen molar-refractivity contribution < 1.29 is 19.4 Å². The number of carbonyl (C=O) groups is 2. The summed E-state index contributed by atoms with van der Waals surface area (Å²) < 4.78 is 4.61. The third-order valence-electron chi connectivity index (χ3n) is 2.90. The Morgan fingerprint density at radius 1 is 0.952 bits per heavy atom. The Kier molecular flexibility index (Phi) is 4.50. The molecule has 0 aliphatic heterocycles. The van der Waals surface area contributed by atoms with E-state index in [1.54, 1.807) is 18.2 Å². The summed E-state index contributed by atoms with van der Waals surface area (Å²) >= 11 is 11.9. The Morgan fingerprint density at radius 3 is 2.14 bits per heavy atom. The number of esters is 1. The standard InChI is InChI=1S/C15H10Cl2O4/c1-21-15(20)10-4-2-9(7-13(10)17)8-3-5-12(16)11(6-8)14(18)19/h2-7H,1H3,(H,18,19). The molecule has 0 spiro atoms. The molecule has 108 valence electrons. The number of aromatic carboxylic acids is 1. The second-order valence-corrected chi connectivity index (χ2v) is 5.00. The van der Waals surface area contributed by atoms with Gasteiger partial charge in [-0.2, -0.15) is 0 Å². The van der Waals surface area contributed by atoms with Gasteiger partial charge in [-0.15, -0.1) is 0 Å². The number of ether oxygens (including phenoxy) is 1. The molecule has 4 nitrogen and oxygen atoms in total. The number of carbonyl (C=O) groups excluding carboxylic acids is 1. The fourth-order valence-electron chi connectivity index (χ4n) is 1.84. The maximum atomic E-state index is 11.5. The molecular weight excluding hydrogens is 315 g/mol. The van der Waals surface area contributed by atoms with Crippen LogP contribution in [0.4, 0.5) is 0 Å². The van der Waals surface area contributed by atoms with E-state index in [1.165, 1.54) is 25.3 Å². The van der Waals surface area contributed by atoms with E-state index in [0.717, 1.165) is 0 Å². The van der Waals surface area contributed by atoms with Crippen molar-refractivity contribution in [3.05, 3.63) is 57.6 Å². The number of hydrogen-bond acceptors (Lipinski definition) is 3. The van der Waals surface area contributed by atoms with Crippen LogP contribution in [-0.2, 0) is 4.74 Å². The molecule has 0 saturated heterocycles. The lowest BCUT2D eigenvalue weighted by atomic mass is 10.0. The van der Waals surface area contributed by atoms with Crippen molar-refractivity contribution in [1.82, 2.24) is 0 Å². The Morgan fingerprint density at radius 2 is 1.57 bits per heavy atom. The first-order chi connectivity index (χ1) is 9.93. The van der Waals surface area contributed by atoms with E-state index in [0.29, 0.717) is 11.1 Å². The molecule has 0 atom stereocenters. The van der Waals surface area contributed by atoms with Crippen LogP contribution in [0.3, 0.4) is 0 Å². The van der Waals surface area contributed by atoms with Crippen LogP contribution in [0.5, 0.6) is 0 Å². The van der Waals surface area contributed by atoms with Crippen molar-refractivity contribution in [1.29, 1.82) is 0 Å². The van der Waals surface area contributed by atoms with Crippen LogP contribution in [-0.4, -0.2) is 24.2 Å². The predicted octanol–water partition coefficient (Wildman–Crippen LogP) is 4.15. The molecule has 0 unspecified atom stereocenters. The van der Waals surface area contributed by atoms with Gasteiger partial charge in [-0.3, -0.25) is 0 Å². The van der Waals surface area contributed by atoms with Crippen molar-refractivity contribution in [3.8, 4) is 11.1 Å². The molecule has 0 saturated carbocycles. The highest BCUT2D eigenvalue weighted by atomic mass is 35.5. The van der Waals surface area contributed by atoms with Gasteiger partial charge in [0.25, 0.3) is 0 Å². The fraction of sp³-hybridized carbons (Fsp3) is 0.0667. The minimum Gasteiger partial charge on any atom is -0.478 e. The summed E-state index contributed by atoms with van der Waals surface area (Å²) in [5, 5.41) is 9.45. The van der Waals surface area contributed by atoms with Crippen LogP contribution >= 0.6 is 23.2 Å². The first-order valence-corrected chi connectivity index (χ1v) is 6.60. The molecule has 0 radical (unpaired) electrons. The number of benzene rings is 2. The van der Waals surface area contributed by atoms with Crippen LogP contribution in [0.2, 0.25) is 10.0 Å². The van der Waals surface area contributed by atoms with E-state index in [4.69, 9.17) is 28.3 Å². The molecule has 0 aliphatic carbocycles. The van der Waals surface area contributed by atoms with E-state index in [2.05, 4.69) is 4.74 Å². The van der Waals surface area contributed by atoms with Gasteiger partial charge in [0.2, 0.25) is 0 Å². The van der Waals surface area contributed by atoms with E-state index in [-0.39, 0.29) is 21.2 Å². The molecule has 0 fully saturated rings. The largest absolute Gasteiger partial charge is 0.478 e. The predicted molar refractivity (Wildman–Crippen MR) is 80.2 cm³/mol. The van der Waals surface area contributed by atoms with E-state index < -0.39 is 11.9 Å². The smallest absolute Gasteiger partial charge is 0.339 e. The maximum absolute atomic E-state index is 11.5. The number of carboxylic acid groups (broad SMARTS) is 1. The molecule has 2 aromatic carbocycles. The van der Waals surface area contributed by atoms with Crippen LogP contribution in [0.1, 0.15) is 20.7 Å². The maximum Gasteiger partial charge on any atom is 0.339 e. The molecule has 2 aromatic rings. The molecule has 0 aromatic heterocycles. The Labute approximate surface area is 130 Å². The van der Waals surface area contributed by atoms with Gasteiger partial charge in [0.15, 0.2) is 0 Å². The molecule has 0 amide bonds. The van der Waals surface area contributed by atoms with Gasteiger partial charge < -0.3 is 9.84 Å². The zero-order valence-corrected chi connectivity index (χ0v) is 12.4. The lowest BCUT2D eigenvalue weighted by Crippen LogP contribution is -2.02. The minimum absolute atomic E-state index is 0.00216. The number of hydrogen-bond donors (Lipinski definition) is 1. The summed E-state index contributed by atoms with van der Waals surface area (Å²) in [7, 11) is 1.27. The molecule has 0 heterocycles. The third-order valence-corrected chi connectivity index (χ3v) is 3.55. The highest BCUT2D eigenvalue weighted by molar-refractivity contribution is 6.34. The van der Waals surface area contributed by atoms with E-state index in [1.807, 2.05) is 0 Å². The summed E-state index contributed by atoms with van der Waals surface area (Å²) in [4.78, 5) is 22.6. The van der Waals surface area contributed by atoms with Gasteiger partial charge in [0.1, 0.15) is 0 Å². The number of carboxylic acids is 1. The van der Waals surface area contributed by atoms with Gasteiger partial charge in [0.05, 0.1) is 28.3 Å². The Balaban J connectivity index is 2.48. The molecule has 6 heteroatoms. The number of methoxy groups -OCH3 is 1. The van der Waals surface area contributed by atoms with Gasteiger partial charge in [-0.25, -0.2) is 9.59 Å². The van der Waals surface area contributed by atoms with Crippen LogP contribution in [0.15, 0.2) is 36.4 Å². The highest BCUT2D eigenvalue weighted by Crippen LogP contribution is 2.29. The summed E-state index contributed by atoms with van der Waals surface area (Å²) in [5.74, 6) is -1.65. The molecule has 21 heavy (non-hydrogen) atoms. The lowest BCUT2D eigenvalue weighted by molar-refractivity contribution is 0.0600. The van der Waals surface area contributed by atoms with Crippen LogP contribution < -0.4 is 0 Å². The van der Waals surface area contributed by atoms with E-state index >= 15 is 0 Å². The van der Waals surface area contributed by atoms with Crippen molar-refractivity contribution in [2.24, 2.45) is 0 Å². The monoisotopic (exact) mass is 324 g/mol. The first kappa shape index (κ1) is 15.4. The summed E-state index contributed by atoms with van der Waals surface area (Å²) in [6.45, 7) is 0. The number of rotatable bonds is 3. The van der Waals surface area contributed by atoms with Crippen molar-refractivity contribution in [2.75, 3.05) is 7.11 Å². The van der Waals surface area contributed by atoms with E-state index in [9.17, 15) is 9.59 Å². The quantitative estimate of drug-likeness (QED) is 0.861. The lowest BCUT2D eigenvalue weighted by Gasteiger charge is -2.08. The summed E-state index contributed by atoms with van der Waals surface area (Å²) in [6, 6.07) is 9.39. The zero-order valence-electron chi connectivity index (χ0n) is 10.9. The molecular formula is C15H10Cl2O4. The summed E-state index contributed by atoms with van der Waals surface area (Å²) in [6.07, 6.45) is 0. The van der Waals surface area contributed by atoms with Gasteiger partial charge in [-0.1, -0.05) is 35.3 Å². The average molecular weight is 325 g/mol. The second-order valence-electron chi connectivity index (χ2n) is 4.19. The highest BCUT2D eigenvalue weighted by Gasteiger charge is 2.14. The molecule has 2 rings (SSSR count).